The number of hydrogen-bond acceptors (Lipinski definition) is 2. The van der Waals surface area contributed by atoms with Crippen molar-refractivity contribution in [1.82, 2.24) is 0 Å². The Balaban J connectivity index is 1.52. The van der Waals surface area contributed by atoms with E-state index >= 15 is 0 Å². The minimum Gasteiger partial charge on any atom is -0.493 e. The van der Waals surface area contributed by atoms with E-state index in [9.17, 15) is 0 Å². The molecule has 2 heteroatoms. The van der Waals surface area contributed by atoms with Crippen molar-refractivity contribution in [2.75, 3.05) is 6.61 Å². The molecule has 4 rings (SSSR count). The molecule has 0 radical (unpaired) electrons. The molecule has 2 N–H and O–H groups in total. The van der Waals surface area contributed by atoms with Gasteiger partial charge in [0.25, 0.3) is 0 Å². The number of rotatable bonds is 3. The summed E-state index contributed by atoms with van der Waals surface area (Å²) in [6.45, 7) is 0.844. The van der Waals surface area contributed by atoms with E-state index in [1.165, 1.54) is 23.1 Å². The molecule has 108 valence electrons. The van der Waals surface area contributed by atoms with Crippen LogP contribution < -0.4 is 10.5 Å². The van der Waals surface area contributed by atoms with E-state index in [0.29, 0.717) is 11.8 Å². The van der Waals surface area contributed by atoms with Crippen molar-refractivity contribution >= 4 is 0 Å². The molecule has 3 unspecified atom stereocenters. The van der Waals surface area contributed by atoms with Crippen molar-refractivity contribution in [3.05, 3.63) is 65.2 Å². The first-order valence-corrected chi connectivity index (χ1v) is 7.89. The van der Waals surface area contributed by atoms with Gasteiger partial charge in [-0.3, -0.25) is 0 Å². The number of ether oxygens (including phenoxy) is 1. The second-order valence-corrected chi connectivity index (χ2v) is 6.26. The summed E-state index contributed by atoms with van der Waals surface area (Å²) < 4.78 is 5.68. The van der Waals surface area contributed by atoms with Crippen molar-refractivity contribution in [2.24, 2.45) is 11.7 Å². The molecule has 2 nitrogen and oxygen atoms in total. The van der Waals surface area contributed by atoms with E-state index in [-0.39, 0.29) is 6.04 Å². The molecule has 1 saturated carbocycles. The maximum Gasteiger partial charge on any atom is 0.122 e. The quantitative estimate of drug-likeness (QED) is 0.927. The highest BCUT2D eigenvalue weighted by atomic mass is 16.5. The third-order valence-corrected chi connectivity index (χ3v) is 4.85. The van der Waals surface area contributed by atoms with Crippen molar-refractivity contribution in [2.45, 2.75) is 31.2 Å². The van der Waals surface area contributed by atoms with Gasteiger partial charge < -0.3 is 10.5 Å². The first-order valence-electron chi connectivity index (χ1n) is 7.89. The topological polar surface area (TPSA) is 35.2 Å². The van der Waals surface area contributed by atoms with Crippen LogP contribution in [0.2, 0.25) is 0 Å². The number of hydrogen-bond donors (Lipinski definition) is 1. The van der Waals surface area contributed by atoms with Crippen LogP contribution in [-0.4, -0.2) is 6.61 Å². The summed E-state index contributed by atoms with van der Waals surface area (Å²) in [6.07, 6.45) is 3.43. The van der Waals surface area contributed by atoms with Crippen LogP contribution in [0, 0.1) is 5.92 Å². The van der Waals surface area contributed by atoms with Gasteiger partial charge in [0.05, 0.1) is 6.61 Å². The van der Waals surface area contributed by atoms with E-state index in [1.807, 2.05) is 0 Å². The Morgan fingerprint density at radius 1 is 1.10 bits per heavy atom. The SMILES string of the molecule is NC(c1ccc2c(c1)CCCO2)C1CC1c1ccccc1. The van der Waals surface area contributed by atoms with Crippen LogP contribution in [0.4, 0.5) is 0 Å². The molecule has 0 aromatic heterocycles. The fraction of sp³-hybridized carbons (Fsp3) is 0.368. The summed E-state index contributed by atoms with van der Waals surface area (Å²) in [7, 11) is 0. The molecule has 2 aromatic carbocycles. The van der Waals surface area contributed by atoms with E-state index in [1.54, 1.807) is 0 Å². The third-order valence-electron chi connectivity index (χ3n) is 4.85. The zero-order valence-corrected chi connectivity index (χ0v) is 12.2. The predicted octanol–water partition coefficient (Wildman–Crippen LogP) is 3.82. The Hall–Kier alpha value is -1.80. The monoisotopic (exact) mass is 279 g/mol. The maximum absolute atomic E-state index is 6.52. The Labute approximate surface area is 125 Å². The lowest BCUT2D eigenvalue weighted by atomic mass is 9.95. The lowest BCUT2D eigenvalue weighted by molar-refractivity contribution is 0.288. The summed E-state index contributed by atoms with van der Waals surface area (Å²) in [5.41, 5.74) is 10.5. The Kier molecular flexibility index (Phi) is 3.19. The van der Waals surface area contributed by atoms with Crippen molar-refractivity contribution in [3.63, 3.8) is 0 Å². The van der Waals surface area contributed by atoms with Gasteiger partial charge in [0.1, 0.15) is 5.75 Å². The molecule has 0 bridgehead atoms. The molecule has 0 spiro atoms. The van der Waals surface area contributed by atoms with Crippen LogP contribution in [0.25, 0.3) is 0 Å². The number of benzene rings is 2. The molecule has 1 fully saturated rings. The fourth-order valence-corrected chi connectivity index (χ4v) is 3.53. The number of nitrogens with two attached hydrogens (primary N) is 1. The molecule has 21 heavy (non-hydrogen) atoms. The molecule has 1 aliphatic carbocycles. The second-order valence-electron chi connectivity index (χ2n) is 6.26. The van der Waals surface area contributed by atoms with Gasteiger partial charge in [-0.2, -0.15) is 0 Å². The second kappa shape index (κ2) is 5.19. The van der Waals surface area contributed by atoms with Gasteiger partial charge in [-0.15, -0.1) is 0 Å². The molecular weight excluding hydrogens is 258 g/mol. The van der Waals surface area contributed by atoms with E-state index in [0.717, 1.165) is 25.2 Å². The lowest BCUT2D eigenvalue weighted by Gasteiger charge is -2.20. The molecule has 1 aliphatic heterocycles. The van der Waals surface area contributed by atoms with Crippen LogP contribution in [0.1, 0.15) is 41.5 Å². The van der Waals surface area contributed by atoms with Gasteiger partial charge >= 0.3 is 0 Å². The fourth-order valence-electron chi connectivity index (χ4n) is 3.53. The minimum absolute atomic E-state index is 0.141. The summed E-state index contributed by atoms with van der Waals surface area (Å²) in [6, 6.07) is 17.4. The van der Waals surface area contributed by atoms with E-state index in [2.05, 4.69) is 48.5 Å². The Morgan fingerprint density at radius 2 is 1.95 bits per heavy atom. The summed E-state index contributed by atoms with van der Waals surface area (Å²) >= 11 is 0. The van der Waals surface area contributed by atoms with Gasteiger partial charge in [0.15, 0.2) is 0 Å². The zero-order valence-electron chi connectivity index (χ0n) is 12.2. The molecule has 1 heterocycles. The predicted molar refractivity (Wildman–Crippen MR) is 84.5 cm³/mol. The standard InChI is InChI=1S/C19H21NO/c20-19(17-12-16(17)13-5-2-1-3-6-13)15-8-9-18-14(11-15)7-4-10-21-18/h1-3,5-6,8-9,11,16-17,19H,4,7,10,12,20H2. The molecule has 0 amide bonds. The summed E-state index contributed by atoms with van der Waals surface area (Å²) in [5, 5.41) is 0. The van der Waals surface area contributed by atoms with E-state index in [4.69, 9.17) is 10.5 Å². The molecule has 0 saturated heterocycles. The molecular formula is C19H21NO. The Bertz CT molecular complexity index is 637. The largest absolute Gasteiger partial charge is 0.493 e. The first-order chi connectivity index (χ1) is 10.3. The number of fused-ring (bicyclic) bond motifs is 1. The number of aryl methyl sites for hydroxylation is 1. The first kappa shape index (κ1) is 12.9. The van der Waals surface area contributed by atoms with E-state index < -0.39 is 0 Å². The molecule has 2 aliphatic rings. The molecule has 2 aromatic rings. The van der Waals surface area contributed by atoms with Crippen molar-refractivity contribution in [3.8, 4) is 5.75 Å². The zero-order chi connectivity index (χ0) is 14.2. The highest BCUT2D eigenvalue weighted by Crippen LogP contribution is 2.53. The average Bonchev–Trinajstić information content (AvgIpc) is 3.35. The van der Waals surface area contributed by atoms with Gasteiger partial charge in [-0.05, 0) is 53.9 Å². The van der Waals surface area contributed by atoms with Crippen molar-refractivity contribution < 1.29 is 4.74 Å². The van der Waals surface area contributed by atoms with Gasteiger partial charge in [0.2, 0.25) is 0 Å². The normalized spacial score (nSPS) is 24.8. The van der Waals surface area contributed by atoms with Crippen LogP contribution in [-0.2, 0) is 6.42 Å². The van der Waals surface area contributed by atoms with Crippen LogP contribution in [0.15, 0.2) is 48.5 Å². The average molecular weight is 279 g/mol. The van der Waals surface area contributed by atoms with Gasteiger partial charge in [0, 0.05) is 6.04 Å². The lowest BCUT2D eigenvalue weighted by Crippen LogP contribution is -2.15. The van der Waals surface area contributed by atoms with Crippen LogP contribution >= 0.6 is 0 Å². The van der Waals surface area contributed by atoms with Crippen molar-refractivity contribution in [1.29, 1.82) is 0 Å². The van der Waals surface area contributed by atoms with Gasteiger partial charge in [-0.1, -0.05) is 42.5 Å². The smallest absolute Gasteiger partial charge is 0.122 e. The highest BCUT2D eigenvalue weighted by Gasteiger charge is 2.42. The van der Waals surface area contributed by atoms with Crippen LogP contribution in [0.5, 0.6) is 5.75 Å². The summed E-state index contributed by atoms with van der Waals surface area (Å²) in [5.74, 6) is 2.26. The third kappa shape index (κ3) is 2.44. The van der Waals surface area contributed by atoms with Crippen LogP contribution in [0.3, 0.4) is 0 Å². The molecule has 3 atom stereocenters. The highest BCUT2D eigenvalue weighted by molar-refractivity contribution is 5.41. The minimum atomic E-state index is 0.141. The maximum atomic E-state index is 6.52. The van der Waals surface area contributed by atoms with Gasteiger partial charge in [-0.25, -0.2) is 0 Å². The summed E-state index contributed by atoms with van der Waals surface area (Å²) in [4.78, 5) is 0. The Morgan fingerprint density at radius 3 is 2.81 bits per heavy atom.